The number of likely N-dealkylation sites (N-methyl/N-ethyl adjacent to an activating group) is 1. The van der Waals surface area contributed by atoms with E-state index in [9.17, 15) is 4.79 Å². The standard InChI is InChI=1S/C12H15NO/c1-9-3-5-10(6-4-9)12(7-8-12)11(14)13-2/h3-6H,7-8H2,1-2H3,(H,13,14). The largest absolute Gasteiger partial charge is 0.358 e. The molecule has 2 nitrogen and oxygen atoms in total. The number of rotatable bonds is 2. The minimum absolute atomic E-state index is 0.154. The molecule has 0 aromatic heterocycles. The number of carbonyl (C=O) groups is 1. The first kappa shape index (κ1) is 9.25. The summed E-state index contributed by atoms with van der Waals surface area (Å²) in [7, 11) is 1.70. The summed E-state index contributed by atoms with van der Waals surface area (Å²) < 4.78 is 0. The van der Waals surface area contributed by atoms with Crippen molar-refractivity contribution >= 4 is 5.91 Å². The van der Waals surface area contributed by atoms with Crippen LogP contribution in [0.2, 0.25) is 0 Å². The highest BCUT2D eigenvalue weighted by Gasteiger charge is 2.50. The summed E-state index contributed by atoms with van der Waals surface area (Å²) in [6.45, 7) is 2.06. The third-order valence-electron chi connectivity index (χ3n) is 3.02. The molecule has 2 heteroatoms. The van der Waals surface area contributed by atoms with Gasteiger partial charge in [0.25, 0.3) is 0 Å². The molecule has 1 aromatic carbocycles. The van der Waals surface area contributed by atoms with Crippen molar-refractivity contribution in [2.45, 2.75) is 25.2 Å². The van der Waals surface area contributed by atoms with Gasteiger partial charge in [-0.2, -0.15) is 0 Å². The summed E-state index contributed by atoms with van der Waals surface area (Å²) in [6, 6.07) is 8.27. The zero-order chi connectivity index (χ0) is 10.2. The molecule has 1 fully saturated rings. The molecule has 1 aliphatic rings. The SMILES string of the molecule is CNC(=O)C1(c2ccc(C)cc2)CC1. The third-order valence-corrected chi connectivity index (χ3v) is 3.02. The molecule has 1 N–H and O–H groups in total. The minimum atomic E-state index is -0.206. The zero-order valence-electron chi connectivity index (χ0n) is 8.63. The highest BCUT2D eigenvalue weighted by molar-refractivity contribution is 5.91. The fourth-order valence-electron chi connectivity index (χ4n) is 1.88. The number of amides is 1. The molecular formula is C12H15NO. The van der Waals surface area contributed by atoms with Crippen LogP contribution in [0.5, 0.6) is 0 Å². The Balaban J connectivity index is 2.31. The summed E-state index contributed by atoms with van der Waals surface area (Å²) in [5.41, 5.74) is 2.19. The van der Waals surface area contributed by atoms with Gasteiger partial charge in [-0.1, -0.05) is 29.8 Å². The lowest BCUT2D eigenvalue weighted by Crippen LogP contribution is -2.31. The predicted molar refractivity (Wildman–Crippen MR) is 56.2 cm³/mol. The van der Waals surface area contributed by atoms with E-state index in [1.165, 1.54) is 5.56 Å². The van der Waals surface area contributed by atoms with Crippen molar-refractivity contribution < 1.29 is 4.79 Å². The molecule has 0 heterocycles. The van der Waals surface area contributed by atoms with Crippen LogP contribution in [-0.4, -0.2) is 13.0 Å². The predicted octanol–water partition coefficient (Wildman–Crippen LogP) is 1.77. The Hall–Kier alpha value is -1.31. The molecule has 0 saturated heterocycles. The number of hydrogen-bond donors (Lipinski definition) is 1. The van der Waals surface area contributed by atoms with Crippen LogP contribution in [0, 0.1) is 6.92 Å². The normalized spacial score (nSPS) is 17.6. The first-order valence-electron chi connectivity index (χ1n) is 4.98. The lowest BCUT2D eigenvalue weighted by Gasteiger charge is -2.13. The number of carbonyl (C=O) groups excluding carboxylic acids is 1. The first-order valence-corrected chi connectivity index (χ1v) is 4.98. The molecule has 0 atom stereocenters. The van der Waals surface area contributed by atoms with Crippen LogP contribution in [0.15, 0.2) is 24.3 Å². The lowest BCUT2D eigenvalue weighted by atomic mass is 9.94. The molecule has 0 spiro atoms. The molecule has 14 heavy (non-hydrogen) atoms. The zero-order valence-corrected chi connectivity index (χ0v) is 8.63. The highest BCUT2D eigenvalue weighted by atomic mass is 16.2. The second-order valence-corrected chi connectivity index (χ2v) is 4.03. The van der Waals surface area contributed by atoms with Gasteiger partial charge >= 0.3 is 0 Å². The summed E-state index contributed by atoms with van der Waals surface area (Å²) in [6.07, 6.45) is 1.96. The number of aryl methyl sites for hydroxylation is 1. The van der Waals surface area contributed by atoms with Crippen molar-refractivity contribution in [3.8, 4) is 0 Å². The van der Waals surface area contributed by atoms with Crippen LogP contribution in [-0.2, 0) is 10.2 Å². The van der Waals surface area contributed by atoms with E-state index in [0.717, 1.165) is 18.4 Å². The van der Waals surface area contributed by atoms with E-state index in [1.807, 2.05) is 0 Å². The van der Waals surface area contributed by atoms with Crippen LogP contribution in [0.3, 0.4) is 0 Å². The molecule has 0 bridgehead atoms. The van der Waals surface area contributed by atoms with E-state index >= 15 is 0 Å². The number of nitrogens with one attached hydrogen (secondary N) is 1. The van der Waals surface area contributed by atoms with Gasteiger partial charge in [0, 0.05) is 7.05 Å². The molecular weight excluding hydrogens is 174 g/mol. The van der Waals surface area contributed by atoms with Crippen LogP contribution < -0.4 is 5.32 Å². The second-order valence-electron chi connectivity index (χ2n) is 4.03. The van der Waals surface area contributed by atoms with E-state index in [2.05, 4.69) is 36.5 Å². The molecule has 1 saturated carbocycles. The maximum absolute atomic E-state index is 11.7. The van der Waals surface area contributed by atoms with Crippen LogP contribution in [0.4, 0.5) is 0 Å². The van der Waals surface area contributed by atoms with Crippen molar-refractivity contribution in [2.24, 2.45) is 0 Å². The Morgan fingerprint density at radius 1 is 1.29 bits per heavy atom. The fraction of sp³-hybridized carbons (Fsp3) is 0.417. The van der Waals surface area contributed by atoms with Crippen molar-refractivity contribution in [1.29, 1.82) is 0 Å². The highest BCUT2D eigenvalue weighted by Crippen LogP contribution is 2.48. The topological polar surface area (TPSA) is 29.1 Å². The summed E-state index contributed by atoms with van der Waals surface area (Å²) in [5, 5.41) is 2.74. The van der Waals surface area contributed by atoms with E-state index < -0.39 is 0 Å². The average Bonchev–Trinajstić information content (AvgIpc) is 2.99. The van der Waals surface area contributed by atoms with E-state index in [0.29, 0.717) is 0 Å². The molecule has 1 aromatic rings. The fourth-order valence-corrected chi connectivity index (χ4v) is 1.88. The van der Waals surface area contributed by atoms with Crippen LogP contribution in [0.1, 0.15) is 24.0 Å². The average molecular weight is 189 g/mol. The van der Waals surface area contributed by atoms with Crippen molar-refractivity contribution in [3.63, 3.8) is 0 Å². The third kappa shape index (κ3) is 1.31. The number of benzene rings is 1. The Labute approximate surface area is 84.3 Å². The molecule has 1 aliphatic carbocycles. The van der Waals surface area contributed by atoms with Gasteiger partial charge in [0.2, 0.25) is 5.91 Å². The monoisotopic (exact) mass is 189 g/mol. The van der Waals surface area contributed by atoms with E-state index in [4.69, 9.17) is 0 Å². The van der Waals surface area contributed by atoms with Gasteiger partial charge in [-0.15, -0.1) is 0 Å². The van der Waals surface area contributed by atoms with Gasteiger partial charge in [-0.25, -0.2) is 0 Å². The van der Waals surface area contributed by atoms with Gasteiger partial charge in [0.05, 0.1) is 5.41 Å². The Bertz CT molecular complexity index is 349. The maximum Gasteiger partial charge on any atom is 0.230 e. The van der Waals surface area contributed by atoms with Crippen molar-refractivity contribution in [1.82, 2.24) is 5.32 Å². The minimum Gasteiger partial charge on any atom is -0.358 e. The quantitative estimate of drug-likeness (QED) is 0.754. The smallest absolute Gasteiger partial charge is 0.230 e. The van der Waals surface area contributed by atoms with Crippen LogP contribution >= 0.6 is 0 Å². The summed E-state index contributed by atoms with van der Waals surface area (Å²) in [5.74, 6) is 0.154. The molecule has 74 valence electrons. The van der Waals surface area contributed by atoms with E-state index in [-0.39, 0.29) is 11.3 Å². The first-order chi connectivity index (χ1) is 6.69. The maximum atomic E-state index is 11.7. The lowest BCUT2D eigenvalue weighted by molar-refractivity contribution is -0.123. The van der Waals surface area contributed by atoms with Crippen molar-refractivity contribution in [2.75, 3.05) is 7.05 Å². The summed E-state index contributed by atoms with van der Waals surface area (Å²) in [4.78, 5) is 11.7. The van der Waals surface area contributed by atoms with Gasteiger partial charge in [-0.05, 0) is 25.3 Å². The van der Waals surface area contributed by atoms with Gasteiger partial charge in [0.1, 0.15) is 0 Å². The molecule has 0 unspecified atom stereocenters. The molecule has 1 amide bonds. The van der Waals surface area contributed by atoms with Gasteiger partial charge in [-0.3, -0.25) is 4.79 Å². The van der Waals surface area contributed by atoms with Crippen molar-refractivity contribution in [3.05, 3.63) is 35.4 Å². The molecule has 0 radical (unpaired) electrons. The Morgan fingerprint density at radius 3 is 2.29 bits per heavy atom. The van der Waals surface area contributed by atoms with E-state index in [1.54, 1.807) is 7.05 Å². The number of hydrogen-bond acceptors (Lipinski definition) is 1. The Kier molecular flexibility index (Phi) is 2.06. The second kappa shape index (κ2) is 3.12. The van der Waals surface area contributed by atoms with Gasteiger partial charge < -0.3 is 5.32 Å². The van der Waals surface area contributed by atoms with Crippen LogP contribution in [0.25, 0.3) is 0 Å². The molecule has 2 rings (SSSR count). The molecule has 0 aliphatic heterocycles. The summed E-state index contributed by atoms with van der Waals surface area (Å²) >= 11 is 0. The Morgan fingerprint density at radius 2 is 1.86 bits per heavy atom. The van der Waals surface area contributed by atoms with Gasteiger partial charge in [0.15, 0.2) is 0 Å².